The maximum Gasteiger partial charge on any atom is 0.338 e. The number of hydrogen-bond donors (Lipinski definition) is 1. The van der Waals surface area contributed by atoms with Crippen molar-refractivity contribution in [1.29, 1.82) is 0 Å². The van der Waals surface area contributed by atoms with Crippen LogP contribution in [0.4, 0.5) is 5.95 Å². The van der Waals surface area contributed by atoms with Crippen LogP contribution in [0.5, 0.6) is 11.5 Å². The summed E-state index contributed by atoms with van der Waals surface area (Å²) in [5.41, 5.74) is 1.96. The Morgan fingerprint density at radius 2 is 2.06 bits per heavy atom. The lowest BCUT2D eigenvalue weighted by Crippen LogP contribution is -2.29. The molecule has 8 nitrogen and oxygen atoms in total. The molecule has 3 rings (SSSR count). The van der Waals surface area contributed by atoms with E-state index in [0.29, 0.717) is 40.5 Å². The van der Waals surface area contributed by atoms with E-state index >= 15 is 0 Å². The fourth-order valence-corrected chi connectivity index (χ4v) is 4.61. The van der Waals surface area contributed by atoms with E-state index in [0.717, 1.165) is 22.2 Å². The summed E-state index contributed by atoms with van der Waals surface area (Å²) < 4.78 is 19.1. The van der Waals surface area contributed by atoms with Crippen LogP contribution < -0.4 is 14.8 Å². The standard InChI is InChI=1S/C21H27BrN4O4S/c1-6-9-31-21-24-20-23-12(4)16(19(27)30-8-3)17(26(20)25-21)13-10-14(22)18(29-7-2)15(11-13)28-5/h10-11,17H,6-9H2,1-5H3,(H,23,24,25). The lowest BCUT2D eigenvalue weighted by molar-refractivity contribution is -0.139. The van der Waals surface area contributed by atoms with E-state index < -0.39 is 12.0 Å². The number of ether oxygens (including phenoxy) is 3. The molecule has 1 N–H and O–H groups in total. The molecule has 1 aliphatic heterocycles. The highest BCUT2D eigenvalue weighted by molar-refractivity contribution is 9.10. The lowest BCUT2D eigenvalue weighted by Gasteiger charge is -2.28. The molecular formula is C21H27BrN4O4S. The maximum atomic E-state index is 12.9. The summed E-state index contributed by atoms with van der Waals surface area (Å²) >= 11 is 5.17. The van der Waals surface area contributed by atoms with Gasteiger partial charge >= 0.3 is 5.97 Å². The minimum atomic E-state index is -0.528. The first-order chi connectivity index (χ1) is 14.9. The highest BCUT2D eigenvalue weighted by atomic mass is 79.9. The van der Waals surface area contributed by atoms with Gasteiger partial charge in [0.05, 0.1) is 30.4 Å². The van der Waals surface area contributed by atoms with Crippen molar-refractivity contribution in [2.45, 2.75) is 45.3 Å². The Hall–Kier alpha value is -2.20. The number of halogens is 1. The van der Waals surface area contributed by atoms with Crippen molar-refractivity contribution in [1.82, 2.24) is 14.8 Å². The van der Waals surface area contributed by atoms with Crippen molar-refractivity contribution in [2.75, 3.05) is 31.4 Å². The summed E-state index contributed by atoms with van der Waals surface area (Å²) in [4.78, 5) is 17.6. The van der Waals surface area contributed by atoms with Gasteiger partial charge in [-0.05, 0) is 60.8 Å². The van der Waals surface area contributed by atoms with Crippen LogP contribution in [0.15, 0.2) is 33.0 Å². The van der Waals surface area contributed by atoms with Crippen LogP contribution in [-0.4, -0.2) is 46.8 Å². The van der Waals surface area contributed by atoms with Crippen molar-refractivity contribution in [3.63, 3.8) is 0 Å². The molecule has 2 aromatic rings. The maximum absolute atomic E-state index is 12.9. The summed E-state index contributed by atoms with van der Waals surface area (Å²) in [6.07, 6.45) is 1.01. The zero-order valence-electron chi connectivity index (χ0n) is 18.3. The number of anilines is 1. The number of rotatable bonds is 9. The summed E-state index contributed by atoms with van der Waals surface area (Å²) in [6, 6.07) is 3.25. The minimum Gasteiger partial charge on any atom is -0.493 e. The molecule has 168 valence electrons. The number of thioether (sulfide) groups is 1. The minimum absolute atomic E-state index is 0.278. The van der Waals surface area contributed by atoms with Crippen molar-refractivity contribution in [3.8, 4) is 11.5 Å². The fourth-order valence-electron chi connectivity index (χ4n) is 3.35. The van der Waals surface area contributed by atoms with Gasteiger partial charge in [0.25, 0.3) is 0 Å². The van der Waals surface area contributed by atoms with Crippen LogP contribution in [0.2, 0.25) is 0 Å². The molecule has 0 saturated carbocycles. The second-order valence-corrected chi connectivity index (χ2v) is 8.68. The molecule has 1 aromatic heterocycles. The molecule has 10 heteroatoms. The van der Waals surface area contributed by atoms with Gasteiger partial charge in [-0.1, -0.05) is 18.7 Å². The molecule has 1 unspecified atom stereocenters. The van der Waals surface area contributed by atoms with E-state index in [1.807, 2.05) is 26.0 Å². The number of carbonyl (C=O) groups excluding carboxylic acids is 1. The number of aromatic nitrogens is 3. The first kappa shape index (κ1) is 23.5. The van der Waals surface area contributed by atoms with Crippen LogP contribution in [0.25, 0.3) is 0 Å². The van der Waals surface area contributed by atoms with Gasteiger partial charge in [0.1, 0.15) is 6.04 Å². The molecule has 0 spiro atoms. The Labute approximate surface area is 194 Å². The summed E-state index contributed by atoms with van der Waals surface area (Å²) in [6.45, 7) is 8.43. The highest BCUT2D eigenvalue weighted by Gasteiger charge is 2.36. The number of fused-ring (bicyclic) bond motifs is 1. The zero-order valence-corrected chi connectivity index (χ0v) is 20.7. The van der Waals surface area contributed by atoms with E-state index in [2.05, 4.69) is 33.2 Å². The molecule has 0 amide bonds. The van der Waals surface area contributed by atoms with E-state index in [4.69, 9.17) is 19.3 Å². The lowest BCUT2D eigenvalue weighted by atomic mass is 9.95. The molecule has 2 heterocycles. The molecule has 1 aromatic carbocycles. The highest BCUT2D eigenvalue weighted by Crippen LogP contribution is 2.43. The van der Waals surface area contributed by atoms with Gasteiger partial charge in [-0.25, -0.2) is 9.48 Å². The number of allylic oxidation sites excluding steroid dienone is 1. The summed E-state index contributed by atoms with van der Waals surface area (Å²) in [5.74, 6) is 2.27. The molecule has 0 saturated heterocycles. The average Bonchev–Trinajstić information content (AvgIpc) is 3.14. The third-order valence-electron chi connectivity index (χ3n) is 4.62. The van der Waals surface area contributed by atoms with Gasteiger partial charge in [-0.15, -0.1) is 5.10 Å². The Bertz CT molecular complexity index is 992. The molecular weight excluding hydrogens is 484 g/mol. The van der Waals surface area contributed by atoms with Gasteiger partial charge in [0.2, 0.25) is 11.1 Å². The number of hydrogen-bond acceptors (Lipinski definition) is 8. The molecule has 1 atom stereocenters. The molecule has 0 bridgehead atoms. The number of nitrogens with zero attached hydrogens (tertiary/aromatic N) is 3. The molecule has 1 aliphatic rings. The molecule has 0 fully saturated rings. The topological polar surface area (TPSA) is 87.5 Å². The van der Waals surface area contributed by atoms with Crippen molar-refractivity contribution < 1.29 is 19.0 Å². The predicted octanol–water partition coefficient (Wildman–Crippen LogP) is 4.80. The summed E-state index contributed by atoms with van der Waals surface area (Å²) in [5, 5.41) is 8.56. The quantitative estimate of drug-likeness (QED) is 0.380. The van der Waals surface area contributed by atoms with Crippen LogP contribution in [0.1, 0.15) is 45.7 Å². The fraction of sp³-hybridized carbons (Fsp3) is 0.476. The number of carbonyl (C=O) groups is 1. The molecule has 0 radical (unpaired) electrons. The number of benzene rings is 1. The number of methoxy groups -OCH3 is 1. The SMILES string of the molecule is CCCSc1nc2n(n1)C(c1cc(Br)c(OCC)c(OC)c1)C(C(=O)OCC)=C(C)N2. The van der Waals surface area contributed by atoms with Crippen LogP contribution in [0, 0.1) is 0 Å². The Balaban J connectivity index is 2.17. The van der Waals surface area contributed by atoms with E-state index in [1.165, 1.54) is 0 Å². The average molecular weight is 511 g/mol. The normalized spacial score (nSPS) is 15.4. The van der Waals surface area contributed by atoms with Crippen LogP contribution in [-0.2, 0) is 9.53 Å². The first-order valence-corrected chi connectivity index (χ1v) is 12.0. The molecule has 0 aliphatic carbocycles. The van der Waals surface area contributed by atoms with Crippen molar-refractivity contribution in [3.05, 3.63) is 33.4 Å². The smallest absolute Gasteiger partial charge is 0.338 e. The van der Waals surface area contributed by atoms with Gasteiger partial charge < -0.3 is 19.5 Å². The largest absolute Gasteiger partial charge is 0.493 e. The zero-order chi connectivity index (χ0) is 22.5. The number of esters is 1. The van der Waals surface area contributed by atoms with Crippen LogP contribution in [0.3, 0.4) is 0 Å². The Morgan fingerprint density at radius 1 is 1.29 bits per heavy atom. The van der Waals surface area contributed by atoms with Crippen molar-refractivity contribution >= 4 is 39.6 Å². The molecule has 31 heavy (non-hydrogen) atoms. The third kappa shape index (κ3) is 4.85. The monoisotopic (exact) mass is 510 g/mol. The van der Waals surface area contributed by atoms with Gasteiger partial charge in [-0.2, -0.15) is 4.98 Å². The second-order valence-electron chi connectivity index (χ2n) is 6.76. The first-order valence-electron chi connectivity index (χ1n) is 10.2. The Morgan fingerprint density at radius 3 is 2.71 bits per heavy atom. The van der Waals surface area contributed by atoms with E-state index in [1.54, 1.807) is 30.5 Å². The van der Waals surface area contributed by atoms with E-state index in [-0.39, 0.29) is 6.61 Å². The van der Waals surface area contributed by atoms with E-state index in [9.17, 15) is 4.79 Å². The van der Waals surface area contributed by atoms with Crippen molar-refractivity contribution in [2.24, 2.45) is 0 Å². The van der Waals surface area contributed by atoms with Gasteiger partial charge in [0, 0.05) is 11.4 Å². The van der Waals surface area contributed by atoms with Gasteiger partial charge in [0.15, 0.2) is 11.5 Å². The second kappa shape index (κ2) is 10.4. The Kier molecular flexibility index (Phi) is 7.88. The van der Waals surface area contributed by atoms with Gasteiger partial charge in [-0.3, -0.25) is 0 Å². The predicted molar refractivity (Wildman–Crippen MR) is 124 cm³/mol. The third-order valence-corrected chi connectivity index (χ3v) is 6.25. The number of nitrogens with one attached hydrogen (secondary N) is 1. The van der Waals surface area contributed by atoms with Crippen LogP contribution >= 0.6 is 27.7 Å². The summed E-state index contributed by atoms with van der Waals surface area (Å²) in [7, 11) is 1.59.